The van der Waals surface area contributed by atoms with Gasteiger partial charge in [0, 0.05) is 41.2 Å². The zero-order chi connectivity index (χ0) is 30.6. The number of carbonyl (C=O) groups is 2. The van der Waals surface area contributed by atoms with E-state index in [1.807, 2.05) is 17.2 Å². The lowest BCUT2D eigenvalue weighted by Crippen LogP contribution is -2.46. The van der Waals surface area contributed by atoms with E-state index in [9.17, 15) is 9.59 Å². The van der Waals surface area contributed by atoms with E-state index in [1.54, 1.807) is 0 Å². The summed E-state index contributed by atoms with van der Waals surface area (Å²) in [4.78, 5) is 34.0. The quantitative estimate of drug-likeness (QED) is 0.427. The molecule has 2 aliphatic heterocycles. The molecule has 2 saturated heterocycles. The van der Waals surface area contributed by atoms with Crippen molar-refractivity contribution in [2.45, 2.75) is 64.8 Å². The number of likely N-dealkylation sites (tertiary alicyclic amines) is 2. The van der Waals surface area contributed by atoms with Gasteiger partial charge in [0.05, 0.1) is 18.3 Å². The first-order valence-electron chi connectivity index (χ1n) is 15.3. The Balaban J connectivity index is 0.000000910. The van der Waals surface area contributed by atoms with E-state index in [1.165, 1.54) is 30.2 Å². The highest BCUT2D eigenvalue weighted by molar-refractivity contribution is 9.10. The molecule has 2 fully saturated rings. The fourth-order valence-electron chi connectivity index (χ4n) is 6.11. The average Bonchev–Trinajstić information content (AvgIpc) is 3.17. The van der Waals surface area contributed by atoms with Crippen LogP contribution in [0.5, 0.6) is 0 Å². The molecule has 5 rings (SSSR count). The monoisotopic (exact) mass is 662 g/mol. The third-order valence-corrected chi connectivity index (χ3v) is 8.93. The summed E-state index contributed by atoms with van der Waals surface area (Å²) >= 11 is 9.96. The first kappa shape index (κ1) is 34.5. The minimum Gasteiger partial charge on any atom is -0.356 e. The Morgan fingerprint density at radius 1 is 1.02 bits per heavy atom. The van der Waals surface area contributed by atoms with Gasteiger partial charge in [0.1, 0.15) is 0 Å². The van der Waals surface area contributed by atoms with Crippen LogP contribution in [0, 0.1) is 11.8 Å². The number of aryl methyl sites for hydroxylation is 2. The van der Waals surface area contributed by atoms with Gasteiger partial charge < -0.3 is 21.7 Å². The number of nitrogens with two attached hydrogens (primary N) is 2. The first-order valence-corrected chi connectivity index (χ1v) is 16.5. The van der Waals surface area contributed by atoms with Crippen LogP contribution in [0.25, 0.3) is 0 Å². The third kappa shape index (κ3) is 8.99. The zero-order valence-corrected chi connectivity index (χ0v) is 27.7. The van der Waals surface area contributed by atoms with Crippen molar-refractivity contribution >= 4 is 39.3 Å². The number of carbonyl (C=O) groups excluding carboxylic acids is 2. The van der Waals surface area contributed by atoms with Crippen LogP contribution in [-0.4, -0.2) is 72.9 Å². The Hall–Kier alpha value is -2.04. The molecule has 1 atom stereocenters. The van der Waals surface area contributed by atoms with Crippen LogP contribution in [0.15, 0.2) is 34.9 Å². The molecule has 2 aromatic rings. The number of pyridine rings is 1. The highest BCUT2D eigenvalue weighted by atomic mass is 79.9. The molecule has 5 N–H and O–H groups in total. The van der Waals surface area contributed by atoms with Crippen LogP contribution < -0.4 is 16.8 Å². The minimum atomic E-state index is 0.0130. The average molecular weight is 664 g/mol. The molecular formula is C32H48BrClN6O2. The van der Waals surface area contributed by atoms with Gasteiger partial charge in [-0.1, -0.05) is 37.9 Å². The van der Waals surface area contributed by atoms with Crippen molar-refractivity contribution in [3.63, 3.8) is 0 Å². The summed E-state index contributed by atoms with van der Waals surface area (Å²) in [7, 11) is 1.50. The molecule has 0 radical (unpaired) electrons. The predicted molar refractivity (Wildman–Crippen MR) is 174 cm³/mol. The fraction of sp³-hybridized carbons (Fsp3) is 0.594. The van der Waals surface area contributed by atoms with Crippen molar-refractivity contribution in [3.05, 3.63) is 62.3 Å². The highest BCUT2D eigenvalue weighted by Gasteiger charge is 2.34. The van der Waals surface area contributed by atoms with Gasteiger partial charge in [-0.05, 0) is 115 Å². The number of halogens is 2. The van der Waals surface area contributed by atoms with Gasteiger partial charge in [-0.15, -0.1) is 0 Å². The van der Waals surface area contributed by atoms with Gasteiger partial charge in [-0.25, -0.2) is 0 Å². The number of hydrogen-bond acceptors (Lipinski definition) is 6. The van der Waals surface area contributed by atoms with E-state index in [4.69, 9.17) is 22.3 Å². The molecule has 1 aromatic carbocycles. The summed E-state index contributed by atoms with van der Waals surface area (Å²) in [6.07, 6.45) is 8.51. The molecule has 1 unspecified atom stereocenters. The van der Waals surface area contributed by atoms with Crippen molar-refractivity contribution in [1.82, 2.24) is 20.1 Å². The van der Waals surface area contributed by atoms with E-state index in [-0.39, 0.29) is 30.3 Å². The Morgan fingerprint density at radius 2 is 1.67 bits per heavy atom. The van der Waals surface area contributed by atoms with Crippen LogP contribution in [0.3, 0.4) is 0 Å². The van der Waals surface area contributed by atoms with Gasteiger partial charge >= 0.3 is 0 Å². The van der Waals surface area contributed by atoms with Crippen LogP contribution in [0.2, 0.25) is 5.02 Å². The van der Waals surface area contributed by atoms with Gasteiger partial charge in [0.2, 0.25) is 11.8 Å². The van der Waals surface area contributed by atoms with Crippen molar-refractivity contribution in [1.29, 1.82) is 0 Å². The maximum absolute atomic E-state index is 13.0. The molecule has 3 heterocycles. The van der Waals surface area contributed by atoms with Crippen molar-refractivity contribution in [2.75, 3.05) is 46.3 Å². The van der Waals surface area contributed by atoms with E-state index >= 15 is 0 Å². The van der Waals surface area contributed by atoms with E-state index < -0.39 is 0 Å². The maximum Gasteiger partial charge on any atom is 0.236 e. The van der Waals surface area contributed by atoms with Gasteiger partial charge in [-0.2, -0.15) is 0 Å². The van der Waals surface area contributed by atoms with Crippen molar-refractivity contribution in [2.24, 2.45) is 23.3 Å². The number of nitrogens with one attached hydrogen (secondary N) is 1. The lowest BCUT2D eigenvalue weighted by Gasteiger charge is -2.38. The second-order valence-electron chi connectivity index (χ2n) is 11.2. The highest BCUT2D eigenvalue weighted by Crippen LogP contribution is 2.39. The number of amides is 2. The van der Waals surface area contributed by atoms with E-state index in [2.05, 4.69) is 63.9 Å². The summed E-state index contributed by atoms with van der Waals surface area (Å²) in [5, 5.41) is 3.98. The smallest absolute Gasteiger partial charge is 0.236 e. The Kier molecular flexibility index (Phi) is 14.2. The lowest BCUT2D eigenvalue weighted by atomic mass is 9.90. The maximum atomic E-state index is 13.0. The summed E-state index contributed by atoms with van der Waals surface area (Å²) in [5.74, 6) is 0.625. The number of rotatable bonds is 5. The molecule has 0 saturated carbocycles. The molecule has 1 aliphatic carbocycles. The molecular weight excluding hydrogens is 616 g/mol. The topological polar surface area (TPSA) is 118 Å². The normalized spacial score (nSPS) is 19.2. The Morgan fingerprint density at radius 3 is 2.31 bits per heavy atom. The largest absolute Gasteiger partial charge is 0.356 e. The summed E-state index contributed by atoms with van der Waals surface area (Å²) in [5.41, 5.74) is 14.9. The van der Waals surface area contributed by atoms with Gasteiger partial charge in [0.25, 0.3) is 0 Å². The molecule has 2 amide bonds. The number of benzene rings is 1. The Labute approximate surface area is 265 Å². The number of nitrogens with zero attached hydrogens (tertiary/aromatic N) is 3. The predicted octanol–water partition coefficient (Wildman–Crippen LogP) is 4.70. The van der Waals surface area contributed by atoms with Crippen molar-refractivity contribution < 1.29 is 9.59 Å². The van der Waals surface area contributed by atoms with Crippen molar-refractivity contribution in [3.8, 4) is 0 Å². The second kappa shape index (κ2) is 17.3. The first-order chi connectivity index (χ1) is 20.3. The number of piperidine rings is 2. The molecule has 232 valence electrons. The van der Waals surface area contributed by atoms with E-state index in [0.717, 1.165) is 79.9 Å². The molecule has 3 aliphatic rings. The van der Waals surface area contributed by atoms with Crippen LogP contribution in [-0.2, 0) is 22.4 Å². The molecule has 10 heteroatoms. The molecule has 0 bridgehead atoms. The standard InChI is InChI=1S/C28H35BrClN5O2.C3H8.CH5N/c29-22-13-21-2-1-20-14-23(30)3-4-24(20)27(26(21)32-17-22)35-11-7-19(8-12-35)28(37)33-16-18-5-9-34(10-6-18)25(36)15-31;1-3-2;1-2/h3-4,13-14,17-19,27H,1-2,5-12,15-16,31H2,(H,33,37);3H2,1-2H3;2H2,1H3. The molecule has 1 aromatic heterocycles. The van der Waals surface area contributed by atoms with Gasteiger partial charge in [-0.3, -0.25) is 19.5 Å². The van der Waals surface area contributed by atoms with E-state index in [0.29, 0.717) is 12.5 Å². The number of fused-ring (bicyclic) bond motifs is 2. The van der Waals surface area contributed by atoms with Gasteiger partial charge in [0.15, 0.2) is 0 Å². The Bertz CT molecular complexity index is 1110. The zero-order valence-electron chi connectivity index (χ0n) is 25.4. The summed E-state index contributed by atoms with van der Waals surface area (Å²) in [6.45, 7) is 8.17. The summed E-state index contributed by atoms with van der Waals surface area (Å²) in [6, 6.07) is 8.50. The number of aromatic nitrogens is 1. The molecule has 8 nitrogen and oxygen atoms in total. The minimum absolute atomic E-state index is 0.0130. The third-order valence-electron chi connectivity index (χ3n) is 8.26. The van der Waals surface area contributed by atoms with Crippen LogP contribution in [0.4, 0.5) is 0 Å². The lowest BCUT2D eigenvalue weighted by molar-refractivity contribution is -0.131. The fourth-order valence-corrected chi connectivity index (χ4v) is 6.68. The van der Waals surface area contributed by atoms with Crippen LogP contribution in [0.1, 0.15) is 74.4 Å². The SMILES string of the molecule is CCC.CN.NCC(=O)N1CCC(CNC(=O)C2CCN(C3c4ccc(Cl)cc4CCc4cc(Br)cnc43)CC2)CC1. The summed E-state index contributed by atoms with van der Waals surface area (Å²) < 4.78 is 1.00. The van der Waals surface area contributed by atoms with Crippen LogP contribution >= 0.6 is 27.5 Å². The molecule has 0 spiro atoms. The second-order valence-corrected chi connectivity index (χ2v) is 12.6. The number of hydrogen-bond donors (Lipinski definition) is 3. The molecule has 42 heavy (non-hydrogen) atoms.